The summed E-state index contributed by atoms with van der Waals surface area (Å²) in [5, 5.41) is 9.33. The molecular formula is C15H12ClF3O2. The Balaban J connectivity index is 2.46. The van der Waals surface area contributed by atoms with Gasteiger partial charge in [0, 0.05) is 5.02 Å². The zero-order chi connectivity index (χ0) is 15.6. The summed E-state index contributed by atoms with van der Waals surface area (Å²) in [4.78, 5) is 0. The third-order valence-corrected chi connectivity index (χ3v) is 3.14. The topological polar surface area (TPSA) is 29.5 Å². The average Bonchev–Trinajstić information content (AvgIpc) is 2.42. The minimum atomic E-state index is -4.58. The number of aliphatic hydroxyl groups excluding tert-OH is 1. The maximum absolute atomic E-state index is 13.1. The van der Waals surface area contributed by atoms with Gasteiger partial charge in [-0.3, -0.25) is 0 Å². The van der Waals surface area contributed by atoms with Crippen LogP contribution in [0.4, 0.5) is 13.2 Å². The minimum absolute atomic E-state index is 0.164. The predicted molar refractivity (Wildman–Crippen MR) is 73.6 cm³/mol. The van der Waals surface area contributed by atoms with Gasteiger partial charge in [-0.15, -0.1) is 0 Å². The largest absolute Gasteiger partial charge is 0.456 e. The number of ether oxygens (including phenoxy) is 1. The van der Waals surface area contributed by atoms with Crippen LogP contribution in [0.3, 0.4) is 0 Å². The van der Waals surface area contributed by atoms with Gasteiger partial charge in [-0.25, -0.2) is 0 Å². The van der Waals surface area contributed by atoms with Gasteiger partial charge in [0.15, 0.2) is 0 Å². The molecule has 0 spiro atoms. The number of aryl methyl sites for hydroxylation is 1. The Hall–Kier alpha value is -1.72. The van der Waals surface area contributed by atoms with E-state index in [1.165, 1.54) is 18.2 Å². The Morgan fingerprint density at radius 3 is 2.43 bits per heavy atom. The maximum Gasteiger partial charge on any atom is 0.419 e. The zero-order valence-corrected chi connectivity index (χ0v) is 11.8. The Morgan fingerprint density at radius 2 is 1.81 bits per heavy atom. The first-order valence-electron chi connectivity index (χ1n) is 6.06. The zero-order valence-electron chi connectivity index (χ0n) is 11.0. The highest BCUT2D eigenvalue weighted by Gasteiger charge is 2.35. The molecule has 2 nitrogen and oxygen atoms in total. The first-order chi connectivity index (χ1) is 9.81. The van der Waals surface area contributed by atoms with Crippen molar-refractivity contribution in [2.45, 2.75) is 19.7 Å². The fourth-order valence-corrected chi connectivity index (χ4v) is 1.95. The van der Waals surface area contributed by atoms with Crippen molar-refractivity contribution >= 4 is 11.6 Å². The molecule has 2 aromatic carbocycles. The van der Waals surface area contributed by atoms with Crippen LogP contribution in [-0.4, -0.2) is 5.11 Å². The second kappa shape index (κ2) is 5.95. The lowest BCUT2D eigenvalue weighted by Crippen LogP contribution is -2.08. The summed E-state index contributed by atoms with van der Waals surface area (Å²) >= 11 is 5.83. The SMILES string of the molecule is Cc1ccc(Cl)cc1Oc1ccc(CO)cc1C(F)(F)F. The fraction of sp³-hybridized carbons (Fsp3) is 0.200. The lowest BCUT2D eigenvalue weighted by molar-refractivity contribution is -0.138. The van der Waals surface area contributed by atoms with E-state index in [-0.39, 0.29) is 17.1 Å². The highest BCUT2D eigenvalue weighted by Crippen LogP contribution is 2.39. The number of aliphatic hydroxyl groups is 1. The molecule has 2 aromatic rings. The van der Waals surface area contributed by atoms with Crippen LogP contribution in [0.2, 0.25) is 5.02 Å². The van der Waals surface area contributed by atoms with E-state index in [4.69, 9.17) is 21.4 Å². The van der Waals surface area contributed by atoms with Crippen molar-refractivity contribution in [3.63, 3.8) is 0 Å². The van der Waals surface area contributed by atoms with Crippen molar-refractivity contribution < 1.29 is 23.0 Å². The van der Waals surface area contributed by atoms with Crippen LogP contribution in [0.5, 0.6) is 11.5 Å². The molecule has 0 aliphatic heterocycles. The van der Waals surface area contributed by atoms with Crippen LogP contribution in [0.1, 0.15) is 16.7 Å². The lowest BCUT2D eigenvalue weighted by atomic mass is 10.1. The van der Waals surface area contributed by atoms with Crippen molar-refractivity contribution in [3.8, 4) is 11.5 Å². The monoisotopic (exact) mass is 316 g/mol. The minimum Gasteiger partial charge on any atom is -0.456 e. The van der Waals surface area contributed by atoms with E-state index < -0.39 is 18.3 Å². The Bertz CT molecular complexity index is 654. The van der Waals surface area contributed by atoms with Gasteiger partial charge in [-0.1, -0.05) is 23.7 Å². The highest BCUT2D eigenvalue weighted by atomic mass is 35.5. The van der Waals surface area contributed by atoms with Gasteiger partial charge in [-0.05, 0) is 42.3 Å². The molecule has 0 fully saturated rings. The van der Waals surface area contributed by atoms with Gasteiger partial charge in [0.2, 0.25) is 0 Å². The average molecular weight is 317 g/mol. The normalized spacial score (nSPS) is 11.5. The van der Waals surface area contributed by atoms with E-state index in [9.17, 15) is 13.2 Å². The highest BCUT2D eigenvalue weighted by molar-refractivity contribution is 6.30. The number of benzene rings is 2. The number of hydrogen-bond donors (Lipinski definition) is 1. The van der Waals surface area contributed by atoms with Gasteiger partial charge >= 0.3 is 6.18 Å². The standard InChI is InChI=1S/C15H12ClF3O2/c1-9-2-4-11(16)7-14(9)21-13-5-3-10(8-20)6-12(13)15(17,18)19/h2-7,20H,8H2,1H3. The predicted octanol–water partition coefficient (Wildman–Crippen LogP) is 4.95. The molecule has 21 heavy (non-hydrogen) atoms. The van der Waals surface area contributed by atoms with Crippen molar-refractivity contribution in [2.24, 2.45) is 0 Å². The van der Waals surface area contributed by atoms with Crippen LogP contribution in [0, 0.1) is 6.92 Å². The fourth-order valence-electron chi connectivity index (χ4n) is 1.79. The molecule has 0 aliphatic rings. The molecule has 2 rings (SSSR count). The van der Waals surface area contributed by atoms with Crippen LogP contribution in [0.25, 0.3) is 0 Å². The van der Waals surface area contributed by atoms with Gasteiger partial charge in [0.1, 0.15) is 11.5 Å². The van der Waals surface area contributed by atoms with E-state index in [2.05, 4.69) is 0 Å². The molecule has 0 heterocycles. The smallest absolute Gasteiger partial charge is 0.419 e. The molecule has 0 unspecified atom stereocenters. The molecule has 0 aromatic heterocycles. The summed E-state index contributed by atoms with van der Waals surface area (Å²) in [5.74, 6) is -0.0742. The van der Waals surface area contributed by atoms with E-state index >= 15 is 0 Å². The first-order valence-corrected chi connectivity index (χ1v) is 6.44. The summed E-state index contributed by atoms with van der Waals surface area (Å²) < 4.78 is 44.5. The number of rotatable bonds is 3. The van der Waals surface area contributed by atoms with Gasteiger partial charge in [0.05, 0.1) is 12.2 Å². The van der Waals surface area contributed by atoms with Gasteiger partial charge in [-0.2, -0.15) is 13.2 Å². The van der Waals surface area contributed by atoms with Crippen LogP contribution >= 0.6 is 11.6 Å². The van der Waals surface area contributed by atoms with E-state index in [1.807, 2.05) is 0 Å². The van der Waals surface area contributed by atoms with Crippen LogP contribution in [-0.2, 0) is 12.8 Å². The molecule has 0 amide bonds. The van der Waals surface area contributed by atoms with Crippen molar-refractivity contribution in [1.82, 2.24) is 0 Å². The van der Waals surface area contributed by atoms with Gasteiger partial charge in [0.25, 0.3) is 0 Å². The number of halogens is 4. The summed E-state index contributed by atoms with van der Waals surface area (Å²) in [6, 6.07) is 8.18. The molecule has 0 radical (unpaired) electrons. The number of hydrogen-bond acceptors (Lipinski definition) is 2. The van der Waals surface area contributed by atoms with E-state index in [1.54, 1.807) is 19.1 Å². The maximum atomic E-state index is 13.1. The summed E-state index contributed by atoms with van der Waals surface area (Å²) in [6.45, 7) is 1.24. The van der Waals surface area contributed by atoms with Crippen LogP contribution in [0.15, 0.2) is 36.4 Å². The molecule has 6 heteroatoms. The second-order valence-electron chi connectivity index (χ2n) is 4.50. The Morgan fingerprint density at radius 1 is 1.10 bits per heavy atom. The van der Waals surface area contributed by atoms with Crippen molar-refractivity contribution in [2.75, 3.05) is 0 Å². The molecule has 0 saturated heterocycles. The molecular weight excluding hydrogens is 305 g/mol. The summed E-state index contributed by atoms with van der Waals surface area (Å²) in [6.07, 6.45) is -4.58. The quantitative estimate of drug-likeness (QED) is 0.868. The molecule has 0 bridgehead atoms. The first kappa shape index (κ1) is 15.7. The Labute approximate surface area is 124 Å². The third kappa shape index (κ3) is 3.68. The summed E-state index contributed by atoms with van der Waals surface area (Å²) in [5.41, 5.74) is -0.107. The number of alkyl halides is 3. The Kier molecular flexibility index (Phi) is 4.44. The third-order valence-electron chi connectivity index (χ3n) is 2.90. The molecule has 0 saturated carbocycles. The molecule has 0 atom stereocenters. The lowest BCUT2D eigenvalue weighted by Gasteiger charge is -2.16. The van der Waals surface area contributed by atoms with Crippen LogP contribution < -0.4 is 4.74 Å². The molecule has 112 valence electrons. The summed E-state index contributed by atoms with van der Waals surface area (Å²) in [7, 11) is 0. The van der Waals surface area contributed by atoms with Gasteiger partial charge < -0.3 is 9.84 Å². The molecule has 0 aliphatic carbocycles. The van der Waals surface area contributed by atoms with E-state index in [0.29, 0.717) is 10.6 Å². The van der Waals surface area contributed by atoms with E-state index in [0.717, 1.165) is 6.07 Å². The van der Waals surface area contributed by atoms with Crippen molar-refractivity contribution in [1.29, 1.82) is 0 Å². The second-order valence-corrected chi connectivity index (χ2v) is 4.93. The molecule has 1 N–H and O–H groups in total. The van der Waals surface area contributed by atoms with Crippen molar-refractivity contribution in [3.05, 3.63) is 58.1 Å².